The van der Waals surface area contributed by atoms with Crippen LogP contribution >= 0.6 is 12.6 Å². The Morgan fingerprint density at radius 3 is 2.76 bits per heavy atom. The molecule has 0 spiro atoms. The Labute approximate surface area is 131 Å². The van der Waals surface area contributed by atoms with Crippen molar-refractivity contribution in [2.24, 2.45) is 0 Å². The van der Waals surface area contributed by atoms with Gasteiger partial charge < -0.3 is 10.6 Å². The predicted octanol–water partition coefficient (Wildman–Crippen LogP) is 1.95. The summed E-state index contributed by atoms with van der Waals surface area (Å²) in [5, 5.41) is 5.65. The lowest BCUT2D eigenvalue weighted by Gasteiger charge is -2.15. The molecule has 0 saturated carbocycles. The largest absolute Gasteiger partial charge is 0.354 e. The zero-order chi connectivity index (χ0) is 15.1. The fourth-order valence-corrected chi connectivity index (χ4v) is 2.58. The van der Waals surface area contributed by atoms with Gasteiger partial charge in [0.05, 0.1) is 0 Å². The third-order valence-corrected chi connectivity index (χ3v) is 4.00. The molecular formula is C16H22N2O2S. The van der Waals surface area contributed by atoms with E-state index >= 15 is 0 Å². The average Bonchev–Trinajstić information content (AvgIpc) is 2.70. The number of thiol groups is 1. The second-order valence-corrected chi connectivity index (χ2v) is 5.78. The molecule has 2 N–H and O–H groups in total. The molecule has 1 saturated heterocycles. The first-order valence-electron chi connectivity index (χ1n) is 7.49. The number of hydrogen-bond donors (Lipinski definition) is 3. The molecule has 114 valence electrons. The molecule has 1 aliphatic rings. The molecule has 0 bridgehead atoms. The zero-order valence-corrected chi connectivity index (χ0v) is 13.0. The van der Waals surface area contributed by atoms with Crippen molar-refractivity contribution in [3.05, 3.63) is 35.4 Å². The maximum Gasteiger partial charge on any atom is 0.251 e. The van der Waals surface area contributed by atoms with Crippen molar-refractivity contribution in [2.45, 2.75) is 38.1 Å². The summed E-state index contributed by atoms with van der Waals surface area (Å²) >= 11 is 4.19. The summed E-state index contributed by atoms with van der Waals surface area (Å²) in [4.78, 5) is 24.0. The standard InChI is InChI=1S/C16H22N2O2S/c19-15(18-14-5-1-2-10-17-16(14)20)13-8-6-12(7-9-13)4-3-11-21/h6-9,14,21H,1-5,10-11H2,(H,17,20)(H,18,19)/t14-/m0/s1. The van der Waals surface area contributed by atoms with E-state index in [1.807, 2.05) is 24.3 Å². The van der Waals surface area contributed by atoms with Crippen LogP contribution in [0.25, 0.3) is 0 Å². The fraction of sp³-hybridized carbons (Fsp3) is 0.500. The molecule has 2 rings (SSSR count). The van der Waals surface area contributed by atoms with Gasteiger partial charge in [-0.1, -0.05) is 12.1 Å². The number of amides is 2. The predicted molar refractivity (Wildman–Crippen MR) is 86.7 cm³/mol. The molecule has 1 atom stereocenters. The molecule has 21 heavy (non-hydrogen) atoms. The van der Waals surface area contributed by atoms with Gasteiger partial charge in [0.1, 0.15) is 6.04 Å². The van der Waals surface area contributed by atoms with E-state index in [4.69, 9.17) is 0 Å². The Balaban J connectivity index is 1.94. The summed E-state index contributed by atoms with van der Waals surface area (Å²) in [6.45, 7) is 0.699. The van der Waals surface area contributed by atoms with Crippen molar-refractivity contribution in [3.63, 3.8) is 0 Å². The monoisotopic (exact) mass is 306 g/mol. The summed E-state index contributed by atoms with van der Waals surface area (Å²) in [7, 11) is 0. The quantitative estimate of drug-likeness (QED) is 0.728. The molecule has 0 radical (unpaired) electrons. The summed E-state index contributed by atoms with van der Waals surface area (Å²) in [5.41, 5.74) is 1.80. The van der Waals surface area contributed by atoms with Crippen LogP contribution in [-0.2, 0) is 11.2 Å². The van der Waals surface area contributed by atoms with E-state index in [0.717, 1.165) is 31.4 Å². The van der Waals surface area contributed by atoms with Crippen LogP contribution in [0.2, 0.25) is 0 Å². The van der Waals surface area contributed by atoms with Gasteiger partial charge in [0.15, 0.2) is 0 Å². The van der Waals surface area contributed by atoms with Crippen molar-refractivity contribution in [2.75, 3.05) is 12.3 Å². The minimum Gasteiger partial charge on any atom is -0.354 e. The lowest BCUT2D eigenvalue weighted by Crippen LogP contribution is -2.45. The third kappa shape index (κ3) is 4.77. The van der Waals surface area contributed by atoms with Gasteiger partial charge in [-0.3, -0.25) is 9.59 Å². The van der Waals surface area contributed by atoms with Crippen LogP contribution in [0.5, 0.6) is 0 Å². The van der Waals surface area contributed by atoms with Gasteiger partial charge in [-0.15, -0.1) is 0 Å². The molecule has 2 amide bonds. The third-order valence-electron chi connectivity index (χ3n) is 3.68. The molecule has 1 aromatic carbocycles. The van der Waals surface area contributed by atoms with Crippen LogP contribution in [-0.4, -0.2) is 30.2 Å². The number of carbonyl (C=O) groups is 2. The Morgan fingerprint density at radius 2 is 2.05 bits per heavy atom. The van der Waals surface area contributed by atoms with Crippen molar-refractivity contribution < 1.29 is 9.59 Å². The summed E-state index contributed by atoms with van der Waals surface area (Å²) in [5.74, 6) is 0.600. The van der Waals surface area contributed by atoms with Gasteiger partial charge >= 0.3 is 0 Å². The highest BCUT2D eigenvalue weighted by Gasteiger charge is 2.22. The maximum absolute atomic E-state index is 12.2. The van der Waals surface area contributed by atoms with Crippen LogP contribution in [0.1, 0.15) is 41.6 Å². The van der Waals surface area contributed by atoms with Crippen molar-refractivity contribution >= 4 is 24.4 Å². The van der Waals surface area contributed by atoms with Crippen LogP contribution in [0.4, 0.5) is 0 Å². The van der Waals surface area contributed by atoms with Gasteiger partial charge in [-0.05, 0) is 55.6 Å². The summed E-state index contributed by atoms with van der Waals surface area (Å²) in [6, 6.07) is 7.15. The van der Waals surface area contributed by atoms with Crippen molar-refractivity contribution in [1.82, 2.24) is 10.6 Å². The molecule has 1 aliphatic heterocycles. The van der Waals surface area contributed by atoms with E-state index in [9.17, 15) is 9.59 Å². The van der Waals surface area contributed by atoms with E-state index in [1.54, 1.807) is 0 Å². The summed E-state index contributed by atoms with van der Waals surface area (Å²) < 4.78 is 0. The smallest absolute Gasteiger partial charge is 0.251 e. The molecule has 4 nitrogen and oxygen atoms in total. The number of hydrogen-bond acceptors (Lipinski definition) is 3. The topological polar surface area (TPSA) is 58.2 Å². The minimum absolute atomic E-state index is 0.0775. The second kappa shape index (κ2) is 8.08. The molecule has 1 heterocycles. The number of carbonyl (C=O) groups excluding carboxylic acids is 2. The highest BCUT2D eigenvalue weighted by Crippen LogP contribution is 2.10. The van der Waals surface area contributed by atoms with Crippen LogP contribution in [0.15, 0.2) is 24.3 Å². The van der Waals surface area contributed by atoms with Crippen molar-refractivity contribution in [1.29, 1.82) is 0 Å². The maximum atomic E-state index is 12.2. The molecule has 5 heteroatoms. The molecule has 0 unspecified atom stereocenters. The van der Waals surface area contributed by atoms with Crippen LogP contribution < -0.4 is 10.6 Å². The van der Waals surface area contributed by atoms with Crippen molar-refractivity contribution in [3.8, 4) is 0 Å². The molecule has 0 aliphatic carbocycles. The van der Waals surface area contributed by atoms with Gasteiger partial charge in [0, 0.05) is 12.1 Å². The number of rotatable bonds is 5. The van der Waals surface area contributed by atoms with Gasteiger partial charge in [0.2, 0.25) is 5.91 Å². The van der Waals surface area contributed by atoms with E-state index in [2.05, 4.69) is 23.3 Å². The first-order chi connectivity index (χ1) is 10.2. The number of nitrogens with one attached hydrogen (secondary N) is 2. The molecule has 1 fully saturated rings. The van der Waals surface area contributed by atoms with Crippen LogP contribution in [0.3, 0.4) is 0 Å². The van der Waals surface area contributed by atoms with Gasteiger partial charge in [0.25, 0.3) is 5.91 Å². The molecule has 1 aromatic rings. The normalized spacial score (nSPS) is 18.7. The van der Waals surface area contributed by atoms with Gasteiger partial charge in [-0.2, -0.15) is 12.6 Å². The number of aryl methyl sites for hydroxylation is 1. The zero-order valence-electron chi connectivity index (χ0n) is 12.1. The fourth-order valence-electron chi connectivity index (χ4n) is 2.42. The molecule has 0 aromatic heterocycles. The highest BCUT2D eigenvalue weighted by atomic mass is 32.1. The van der Waals surface area contributed by atoms with Gasteiger partial charge in [-0.25, -0.2) is 0 Å². The van der Waals surface area contributed by atoms with E-state index in [1.165, 1.54) is 5.56 Å². The lowest BCUT2D eigenvalue weighted by atomic mass is 10.1. The van der Waals surface area contributed by atoms with E-state index in [0.29, 0.717) is 18.5 Å². The SMILES string of the molecule is O=C(N[C@H]1CCCCNC1=O)c1ccc(CCCS)cc1. The Bertz CT molecular complexity index is 488. The number of benzene rings is 1. The Morgan fingerprint density at radius 1 is 1.29 bits per heavy atom. The minimum atomic E-state index is -0.413. The Kier molecular flexibility index (Phi) is 6.11. The molecular weight excluding hydrogens is 284 g/mol. The highest BCUT2D eigenvalue weighted by molar-refractivity contribution is 7.80. The van der Waals surface area contributed by atoms with E-state index in [-0.39, 0.29) is 11.8 Å². The van der Waals surface area contributed by atoms with Crippen LogP contribution in [0, 0.1) is 0 Å². The van der Waals surface area contributed by atoms with E-state index < -0.39 is 6.04 Å². The second-order valence-electron chi connectivity index (χ2n) is 5.34. The Hall–Kier alpha value is -1.49. The first-order valence-corrected chi connectivity index (χ1v) is 8.12. The average molecular weight is 306 g/mol. The summed E-state index contributed by atoms with van der Waals surface area (Å²) in [6.07, 6.45) is 4.62. The first kappa shape index (κ1) is 15.9. The lowest BCUT2D eigenvalue weighted by molar-refractivity contribution is -0.122.